The molecule has 0 bridgehead atoms. The lowest BCUT2D eigenvalue weighted by Crippen LogP contribution is -2.58. The van der Waals surface area contributed by atoms with E-state index in [0.717, 1.165) is 62.5 Å². The number of thioether (sulfide) groups is 2. The van der Waals surface area contributed by atoms with Gasteiger partial charge in [-0.25, -0.2) is 0 Å². The number of likely N-dealkylation sites (N-methyl/N-ethyl adjacent to an activating group) is 2. The molecule has 6 rings (SSSR count). The summed E-state index contributed by atoms with van der Waals surface area (Å²) < 4.78 is 12.3. The van der Waals surface area contributed by atoms with Crippen LogP contribution in [0.2, 0.25) is 0 Å². The van der Waals surface area contributed by atoms with Crippen LogP contribution < -0.4 is 31.9 Å². The van der Waals surface area contributed by atoms with Crippen molar-refractivity contribution in [2.45, 2.75) is 184 Å². The highest BCUT2D eigenvalue weighted by Crippen LogP contribution is 2.48. The molecule has 4 aliphatic heterocycles. The molecule has 6 N–H and O–H groups in total. The molecular formula is C58H90Cl2N8O8S2. The van der Waals surface area contributed by atoms with Gasteiger partial charge in [-0.05, 0) is 112 Å². The van der Waals surface area contributed by atoms with Gasteiger partial charge < -0.3 is 51.2 Å². The molecule has 0 aliphatic carbocycles. The molecule has 0 unspecified atom stereocenters. The number of hydrogen-bond donors (Lipinski definition) is 6. The van der Waals surface area contributed by atoms with E-state index in [1.54, 1.807) is 67.5 Å². The van der Waals surface area contributed by atoms with Crippen LogP contribution >= 0.6 is 48.3 Å². The molecule has 2 aromatic rings. The van der Waals surface area contributed by atoms with Crippen LogP contribution in [0, 0.1) is 10.8 Å². The van der Waals surface area contributed by atoms with E-state index in [1.165, 1.54) is 6.42 Å². The summed E-state index contributed by atoms with van der Waals surface area (Å²) in [6.45, 7) is 12.9. The second-order valence-corrected chi connectivity index (χ2v) is 25.0. The van der Waals surface area contributed by atoms with Gasteiger partial charge in [-0.3, -0.25) is 28.8 Å². The van der Waals surface area contributed by atoms with Crippen LogP contribution in [0.4, 0.5) is 0 Å². The van der Waals surface area contributed by atoms with Gasteiger partial charge in [0, 0.05) is 6.61 Å². The molecular weight excluding hydrogens is 1070 g/mol. The van der Waals surface area contributed by atoms with Gasteiger partial charge in [0.1, 0.15) is 30.8 Å². The van der Waals surface area contributed by atoms with Crippen LogP contribution in [-0.4, -0.2) is 138 Å². The Morgan fingerprint density at radius 1 is 0.628 bits per heavy atom. The Morgan fingerprint density at radius 3 is 1.47 bits per heavy atom. The lowest BCUT2D eigenvalue weighted by Gasteiger charge is -2.35. The summed E-state index contributed by atoms with van der Waals surface area (Å²) in [5.41, 5.74) is 0.913. The number of halogens is 2. The highest BCUT2D eigenvalue weighted by molar-refractivity contribution is 8.00. The molecule has 0 aromatic heterocycles. The van der Waals surface area contributed by atoms with Crippen LogP contribution in [-0.2, 0) is 38.2 Å². The third kappa shape index (κ3) is 18.2. The van der Waals surface area contributed by atoms with E-state index in [0.29, 0.717) is 50.4 Å². The maximum atomic E-state index is 14.3. The Bertz CT molecular complexity index is 2250. The maximum absolute atomic E-state index is 14.3. The largest absolute Gasteiger partial charge is 0.499 e. The first-order chi connectivity index (χ1) is 36.5. The lowest BCUT2D eigenvalue weighted by atomic mass is 9.83. The number of hydrogen-bond acceptors (Lipinski definition) is 12. The number of rotatable bonds is 28. The van der Waals surface area contributed by atoms with Crippen molar-refractivity contribution >= 4 is 83.8 Å². The number of nitrogens with zero attached hydrogens (tertiary/aromatic N) is 2. The van der Waals surface area contributed by atoms with Gasteiger partial charge in [0.15, 0.2) is 0 Å². The topological polar surface area (TPSA) is 200 Å². The fraction of sp³-hybridized carbons (Fsp3) is 0.655. The first-order valence-corrected chi connectivity index (χ1v) is 29.9. The summed E-state index contributed by atoms with van der Waals surface area (Å²) in [4.78, 5) is 85.9. The summed E-state index contributed by atoms with van der Waals surface area (Å²) in [5.74, 6) is 0.113. The Balaban J connectivity index is 0.00000656. The first-order valence-electron chi connectivity index (χ1n) is 27.8. The molecule has 6 amide bonds. The van der Waals surface area contributed by atoms with Gasteiger partial charge in [0.2, 0.25) is 35.4 Å². The predicted molar refractivity (Wildman–Crippen MR) is 317 cm³/mol. The van der Waals surface area contributed by atoms with Crippen molar-refractivity contribution in [3.05, 3.63) is 84.1 Å². The molecule has 10 atom stereocenters. The molecule has 0 saturated carbocycles. The molecule has 4 aliphatic rings. The summed E-state index contributed by atoms with van der Waals surface area (Å²) in [6.07, 6.45) is 15.9. The molecule has 4 heterocycles. The van der Waals surface area contributed by atoms with Crippen molar-refractivity contribution in [2.75, 3.05) is 45.4 Å². The van der Waals surface area contributed by atoms with Gasteiger partial charge in [-0.2, -0.15) is 0 Å². The fourth-order valence-corrected chi connectivity index (χ4v) is 14.0. The second-order valence-electron chi connectivity index (χ2n) is 22.4. The SMILES string of the molecule is CN[C@@H](C)C(=O)N[C@H]1CCS[C@H]2CC(C)(C)[C@@H](C(=O)N[C@H](COC=CCCCCCCCCCCOC[C@@H](NC(=O)[C@H]3N4C(=O)[C@@H](NC(=O)[C@H](C)NC)CCS[C@H]4CC3(C)C)c3ccccc3)c3ccccc3)N2C1=O.Cl.Cl. The average Bonchev–Trinajstić information content (AvgIpc) is 3.74. The number of amides is 6. The Kier molecular flexibility index (Phi) is 27.6. The number of ether oxygens (including phenoxy) is 2. The van der Waals surface area contributed by atoms with Crippen molar-refractivity contribution in [1.29, 1.82) is 0 Å². The zero-order chi connectivity index (χ0) is 54.8. The normalized spacial score (nSPS) is 23.9. The molecule has 0 spiro atoms. The standard InChI is InChI=1S/C58H88N8O8S2.2ClH/c1-39(59-7)51(67)61-43-29-33-75-47-35-57(3,4)49(65(47)55(43)71)53(69)63-45(41-25-19-17-20-26-41)37-73-31-23-15-13-11-9-10-12-14-16-24-32-74-38-46(42-27-21-18-22-28-42)64-54(70)50-58(5,6)36-48-66(50)56(72)44(30-34-76-48)62-52(68)40(2)60-8;;/h17-23,25-28,31,39-40,43-50,59-60H,9-16,24,29-30,32-38H2,1-8H3,(H,61,67)(H,62,68)(H,63,69)(H,64,70);2*1H/t39-,40-,43-,44-,45+,46+,47-,48-,49+,50+;;/m0../s1. The first kappa shape index (κ1) is 66.5. The highest BCUT2D eigenvalue weighted by atomic mass is 35.5. The van der Waals surface area contributed by atoms with Crippen molar-refractivity contribution in [3.63, 3.8) is 0 Å². The van der Waals surface area contributed by atoms with E-state index in [9.17, 15) is 28.8 Å². The average molecular weight is 1160 g/mol. The van der Waals surface area contributed by atoms with Crippen molar-refractivity contribution in [1.82, 2.24) is 41.7 Å². The number of allylic oxidation sites excluding steroid dienone is 1. The van der Waals surface area contributed by atoms with Crippen LogP contribution in [0.3, 0.4) is 0 Å². The van der Waals surface area contributed by atoms with Gasteiger partial charge in [0.05, 0.1) is 47.8 Å². The summed E-state index contributed by atoms with van der Waals surface area (Å²) in [7, 11) is 3.42. The number of fused-ring (bicyclic) bond motifs is 2. The molecule has 4 saturated heterocycles. The number of carbonyl (C=O) groups excluding carboxylic acids is 6. The molecule has 2 aromatic carbocycles. The van der Waals surface area contributed by atoms with Crippen LogP contribution in [0.15, 0.2) is 73.0 Å². The number of nitrogens with one attached hydrogen (secondary N) is 6. The third-order valence-corrected chi connectivity index (χ3v) is 18.1. The Labute approximate surface area is 485 Å². The second kappa shape index (κ2) is 32.4. The number of unbranched alkanes of at least 4 members (excludes halogenated alkanes) is 8. The van der Waals surface area contributed by atoms with Crippen molar-refractivity contribution in [2.24, 2.45) is 10.8 Å². The number of carbonyl (C=O) groups is 6. The molecule has 0 radical (unpaired) electrons. The zero-order valence-corrected chi connectivity index (χ0v) is 50.5. The van der Waals surface area contributed by atoms with Crippen LogP contribution in [0.25, 0.3) is 0 Å². The quantitative estimate of drug-likeness (QED) is 0.0356. The van der Waals surface area contributed by atoms with E-state index >= 15 is 0 Å². The van der Waals surface area contributed by atoms with E-state index in [2.05, 4.69) is 45.7 Å². The van der Waals surface area contributed by atoms with E-state index in [4.69, 9.17) is 9.47 Å². The Morgan fingerprint density at radius 2 is 1.04 bits per heavy atom. The van der Waals surface area contributed by atoms with Crippen LogP contribution in [0.1, 0.15) is 148 Å². The predicted octanol–water partition coefficient (Wildman–Crippen LogP) is 7.97. The highest BCUT2D eigenvalue weighted by Gasteiger charge is 2.56. The summed E-state index contributed by atoms with van der Waals surface area (Å²) >= 11 is 3.36. The van der Waals surface area contributed by atoms with E-state index in [1.807, 2.05) is 80.6 Å². The minimum Gasteiger partial charge on any atom is -0.499 e. The lowest BCUT2D eigenvalue weighted by molar-refractivity contribution is -0.144. The molecule has 16 nitrogen and oxygen atoms in total. The maximum Gasteiger partial charge on any atom is 0.246 e. The Hall–Kier alpha value is -4.04. The van der Waals surface area contributed by atoms with Gasteiger partial charge >= 0.3 is 0 Å². The monoisotopic (exact) mass is 1160 g/mol. The molecule has 20 heteroatoms. The molecule has 78 heavy (non-hydrogen) atoms. The van der Waals surface area contributed by atoms with Crippen LogP contribution in [0.5, 0.6) is 0 Å². The third-order valence-electron chi connectivity index (χ3n) is 15.6. The van der Waals surface area contributed by atoms with E-state index < -0.39 is 53.1 Å². The minimum absolute atomic E-state index is 0. The van der Waals surface area contributed by atoms with E-state index in [-0.39, 0.29) is 83.7 Å². The summed E-state index contributed by atoms with van der Waals surface area (Å²) in [5, 5.41) is 18.0. The van der Waals surface area contributed by atoms with Gasteiger partial charge in [0.25, 0.3) is 0 Å². The molecule has 436 valence electrons. The summed E-state index contributed by atoms with van der Waals surface area (Å²) in [6, 6.07) is 15.2. The van der Waals surface area contributed by atoms with Gasteiger partial charge in [-0.15, -0.1) is 48.3 Å². The van der Waals surface area contributed by atoms with Gasteiger partial charge in [-0.1, -0.05) is 127 Å². The van der Waals surface area contributed by atoms with Crippen molar-refractivity contribution in [3.8, 4) is 0 Å². The zero-order valence-electron chi connectivity index (χ0n) is 47.2. The smallest absolute Gasteiger partial charge is 0.246 e. The number of benzene rings is 2. The van der Waals surface area contributed by atoms with Crippen molar-refractivity contribution < 1.29 is 38.2 Å². The minimum atomic E-state index is -0.705. The fourth-order valence-electron chi connectivity index (χ4n) is 10.9. The molecule has 4 fully saturated rings.